The van der Waals surface area contributed by atoms with E-state index in [9.17, 15) is 9.59 Å². The van der Waals surface area contributed by atoms with Crippen LogP contribution >= 0.6 is 0 Å². The zero-order valence-electron chi connectivity index (χ0n) is 13.1. The van der Waals surface area contributed by atoms with Crippen LogP contribution in [0.1, 0.15) is 17.5 Å². The van der Waals surface area contributed by atoms with Crippen molar-refractivity contribution in [2.45, 2.75) is 19.8 Å². The van der Waals surface area contributed by atoms with E-state index in [-0.39, 0.29) is 18.2 Å². The molecule has 0 heterocycles. The van der Waals surface area contributed by atoms with Crippen molar-refractivity contribution in [2.24, 2.45) is 11.8 Å². The lowest BCUT2D eigenvalue weighted by Crippen LogP contribution is -2.35. The molecule has 120 valence electrons. The first-order valence-electron chi connectivity index (χ1n) is 7.49. The number of carbonyl (C=O) groups is 2. The lowest BCUT2D eigenvalue weighted by molar-refractivity contribution is -0.127. The zero-order valence-corrected chi connectivity index (χ0v) is 13.1. The second-order valence-electron chi connectivity index (χ2n) is 5.51. The van der Waals surface area contributed by atoms with E-state index >= 15 is 0 Å². The van der Waals surface area contributed by atoms with Gasteiger partial charge in [-0.05, 0) is 31.0 Å². The highest BCUT2D eigenvalue weighted by molar-refractivity contribution is 5.95. The van der Waals surface area contributed by atoms with Gasteiger partial charge in [0.1, 0.15) is 0 Å². The number of nitrogens with two attached hydrogens (primary N) is 1. The SMILES string of the molecule is Cc1ccc(NC(=O)C(CC(=O)NN)Cc2ccccc2)cc1. The molecule has 2 aromatic rings. The average Bonchev–Trinajstić information content (AvgIpc) is 2.57. The van der Waals surface area contributed by atoms with E-state index in [1.54, 1.807) is 0 Å². The lowest BCUT2D eigenvalue weighted by Gasteiger charge is -2.16. The van der Waals surface area contributed by atoms with Crippen molar-refractivity contribution >= 4 is 17.5 Å². The molecule has 0 aliphatic rings. The van der Waals surface area contributed by atoms with Crippen molar-refractivity contribution in [3.05, 3.63) is 65.7 Å². The molecule has 2 amide bonds. The van der Waals surface area contributed by atoms with E-state index in [0.717, 1.165) is 11.1 Å². The summed E-state index contributed by atoms with van der Waals surface area (Å²) in [6, 6.07) is 17.1. The molecule has 5 nitrogen and oxygen atoms in total. The van der Waals surface area contributed by atoms with Crippen molar-refractivity contribution < 1.29 is 9.59 Å². The van der Waals surface area contributed by atoms with Crippen molar-refractivity contribution in [3.63, 3.8) is 0 Å². The first-order chi connectivity index (χ1) is 11.1. The number of hydrazine groups is 1. The Morgan fingerprint density at radius 1 is 1.04 bits per heavy atom. The van der Waals surface area contributed by atoms with Crippen molar-refractivity contribution in [1.82, 2.24) is 5.43 Å². The van der Waals surface area contributed by atoms with Gasteiger partial charge in [-0.25, -0.2) is 5.84 Å². The molecular formula is C18H21N3O2. The second kappa shape index (κ2) is 8.10. The third kappa shape index (κ3) is 5.23. The molecule has 0 bridgehead atoms. The molecule has 0 aliphatic carbocycles. The maximum Gasteiger partial charge on any atom is 0.234 e. The summed E-state index contributed by atoms with van der Waals surface area (Å²) < 4.78 is 0. The molecule has 2 aromatic carbocycles. The Morgan fingerprint density at radius 2 is 1.70 bits per heavy atom. The van der Waals surface area contributed by atoms with Crippen LogP contribution in [-0.4, -0.2) is 11.8 Å². The predicted octanol–water partition coefficient (Wildman–Crippen LogP) is 2.17. The minimum Gasteiger partial charge on any atom is -0.326 e. The van der Waals surface area contributed by atoms with Crippen LogP contribution in [0.3, 0.4) is 0 Å². The maximum atomic E-state index is 12.5. The summed E-state index contributed by atoms with van der Waals surface area (Å²) in [5.41, 5.74) is 4.92. The van der Waals surface area contributed by atoms with E-state index < -0.39 is 5.92 Å². The van der Waals surface area contributed by atoms with Gasteiger partial charge in [0, 0.05) is 12.1 Å². The van der Waals surface area contributed by atoms with Crippen LogP contribution in [0.25, 0.3) is 0 Å². The highest BCUT2D eigenvalue weighted by Gasteiger charge is 2.22. The van der Waals surface area contributed by atoms with Crippen LogP contribution in [0.4, 0.5) is 5.69 Å². The van der Waals surface area contributed by atoms with Crippen LogP contribution in [0.2, 0.25) is 0 Å². The van der Waals surface area contributed by atoms with Gasteiger partial charge in [-0.2, -0.15) is 0 Å². The molecule has 0 aliphatic heterocycles. The van der Waals surface area contributed by atoms with Crippen molar-refractivity contribution in [2.75, 3.05) is 5.32 Å². The smallest absolute Gasteiger partial charge is 0.234 e. The van der Waals surface area contributed by atoms with Gasteiger partial charge >= 0.3 is 0 Å². The fourth-order valence-electron chi connectivity index (χ4n) is 2.32. The van der Waals surface area contributed by atoms with Crippen molar-refractivity contribution in [1.29, 1.82) is 0 Å². The van der Waals surface area contributed by atoms with Crippen LogP contribution in [0, 0.1) is 12.8 Å². The summed E-state index contributed by atoms with van der Waals surface area (Å²) in [7, 11) is 0. The maximum absolute atomic E-state index is 12.5. The topological polar surface area (TPSA) is 84.2 Å². The van der Waals surface area contributed by atoms with E-state index in [2.05, 4.69) is 10.7 Å². The quantitative estimate of drug-likeness (QED) is 0.434. The monoisotopic (exact) mass is 311 g/mol. The fraction of sp³-hybridized carbons (Fsp3) is 0.222. The van der Waals surface area contributed by atoms with E-state index in [0.29, 0.717) is 12.1 Å². The lowest BCUT2D eigenvalue weighted by atomic mass is 9.95. The van der Waals surface area contributed by atoms with E-state index in [1.807, 2.05) is 61.5 Å². The number of anilines is 1. The Balaban J connectivity index is 2.10. The zero-order chi connectivity index (χ0) is 16.7. The third-order valence-electron chi connectivity index (χ3n) is 3.61. The van der Waals surface area contributed by atoms with Crippen LogP contribution < -0.4 is 16.6 Å². The van der Waals surface area contributed by atoms with Gasteiger partial charge in [-0.15, -0.1) is 0 Å². The van der Waals surface area contributed by atoms with Gasteiger partial charge in [-0.1, -0.05) is 48.0 Å². The van der Waals surface area contributed by atoms with Crippen LogP contribution in [0.5, 0.6) is 0 Å². The minimum absolute atomic E-state index is 0.0447. The summed E-state index contributed by atoms with van der Waals surface area (Å²) in [5.74, 6) is 4.12. The molecule has 2 rings (SSSR count). The number of nitrogens with one attached hydrogen (secondary N) is 2. The molecule has 0 saturated carbocycles. The minimum atomic E-state index is -0.484. The number of hydrogen-bond donors (Lipinski definition) is 3. The van der Waals surface area contributed by atoms with Gasteiger partial charge in [0.05, 0.1) is 5.92 Å². The summed E-state index contributed by atoms with van der Waals surface area (Å²) in [5, 5.41) is 2.86. The van der Waals surface area contributed by atoms with Gasteiger partial charge in [-0.3, -0.25) is 15.0 Å². The predicted molar refractivity (Wildman–Crippen MR) is 90.4 cm³/mol. The standard InChI is InChI=1S/C18H21N3O2/c1-13-7-9-16(10-8-13)20-18(23)15(12-17(22)21-19)11-14-5-3-2-4-6-14/h2-10,15H,11-12,19H2,1H3,(H,20,23)(H,21,22). The highest BCUT2D eigenvalue weighted by atomic mass is 16.2. The number of carbonyl (C=O) groups excluding carboxylic acids is 2. The summed E-state index contributed by atoms with van der Waals surface area (Å²) >= 11 is 0. The average molecular weight is 311 g/mol. The molecule has 0 aromatic heterocycles. The number of aryl methyl sites for hydroxylation is 1. The van der Waals surface area contributed by atoms with E-state index in [4.69, 9.17) is 5.84 Å². The number of amides is 2. The largest absolute Gasteiger partial charge is 0.326 e. The van der Waals surface area contributed by atoms with Crippen LogP contribution in [-0.2, 0) is 16.0 Å². The van der Waals surface area contributed by atoms with Crippen LogP contribution in [0.15, 0.2) is 54.6 Å². The molecule has 1 atom stereocenters. The Labute approximate surface area is 135 Å². The Kier molecular flexibility index (Phi) is 5.88. The Morgan fingerprint density at radius 3 is 2.30 bits per heavy atom. The molecule has 5 heteroatoms. The fourth-order valence-corrected chi connectivity index (χ4v) is 2.32. The van der Waals surface area contributed by atoms with Crippen molar-refractivity contribution in [3.8, 4) is 0 Å². The molecule has 0 saturated heterocycles. The second-order valence-corrected chi connectivity index (χ2v) is 5.51. The molecule has 0 spiro atoms. The summed E-state index contributed by atoms with van der Waals surface area (Å²) in [6.07, 6.45) is 0.523. The highest BCUT2D eigenvalue weighted by Crippen LogP contribution is 2.16. The van der Waals surface area contributed by atoms with Gasteiger partial charge in [0.25, 0.3) is 0 Å². The number of rotatable bonds is 6. The normalized spacial score (nSPS) is 11.6. The Bertz CT molecular complexity index is 654. The summed E-state index contributed by atoms with van der Waals surface area (Å²) in [4.78, 5) is 24.1. The molecule has 4 N–H and O–H groups in total. The molecule has 0 fully saturated rings. The molecule has 23 heavy (non-hydrogen) atoms. The van der Waals surface area contributed by atoms with E-state index in [1.165, 1.54) is 0 Å². The van der Waals surface area contributed by atoms with Gasteiger partial charge in [0.15, 0.2) is 0 Å². The first-order valence-corrected chi connectivity index (χ1v) is 7.49. The molecular weight excluding hydrogens is 290 g/mol. The van der Waals surface area contributed by atoms with Gasteiger partial charge in [0.2, 0.25) is 11.8 Å². The molecule has 0 radical (unpaired) electrons. The molecule has 1 unspecified atom stereocenters. The summed E-state index contributed by atoms with van der Waals surface area (Å²) in [6.45, 7) is 1.98. The Hall–Kier alpha value is -2.66. The van der Waals surface area contributed by atoms with Gasteiger partial charge < -0.3 is 5.32 Å². The number of hydrogen-bond acceptors (Lipinski definition) is 3. The first kappa shape index (κ1) is 16.7. The number of benzene rings is 2. The third-order valence-corrected chi connectivity index (χ3v) is 3.61.